The predicted molar refractivity (Wildman–Crippen MR) is 89.7 cm³/mol. The van der Waals surface area contributed by atoms with E-state index in [-0.39, 0.29) is 0 Å². The van der Waals surface area contributed by atoms with Crippen molar-refractivity contribution in [1.82, 2.24) is 15.1 Å². The first-order chi connectivity index (χ1) is 10.0. The fourth-order valence-corrected chi connectivity index (χ4v) is 2.78. The highest BCUT2D eigenvalue weighted by atomic mass is 15.2. The lowest BCUT2D eigenvalue weighted by Crippen LogP contribution is -2.40. The molecular formula is C17H26N4. The summed E-state index contributed by atoms with van der Waals surface area (Å²) in [4.78, 5) is 2.47. The van der Waals surface area contributed by atoms with E-state index >= 15 is 0 Å². The Morgan fingerprint density at radius 1 is 1.00 bits per heavy atom. The number of benzene rings is 1. The Bertz CT molecular complexity index is 584. The molecule has 4 heteroatoms. The number of hydrogen-bond donors (Lipinski definition) is 1. The zero-order valence-electron chi connectivity index (χ0n) is 13.7. The van der Waals surface area contributed by atoms with E-state index in [1.54, 1.807) is 0 Å². The van der Waals surface area contributed by atoms with E-state index in [4.69, 9.17) is 0 Å². The van der Waals surface area contributed by atoms with Crippen molar-refractivity contribution in [2.45, 2.75) is 46.7 Å². The van der Waals surface area contributed by atoms with Crippen molar-refractivity contribution in [2.24, 2.45) is 0 Å². The van der Waals surface area contributed by atoms with Crippen LogP contribution in [0.1, 0.15) is 33.4 Å². The van der Waals surface area contributed by atoms with E-state index in [0.717, 1.165) is 30.0 Å². The number of nitrogens with one attached hydrogen (secondary N) is 1. The number of aromatic nitrogens is 2. The lowest BCUT2D eigenvalue weighted by atomic mass is 10.1. The van der Waals surface area contributed by atoms with E-state index < -0.39 is 0 Å². The molecule has 1 aromatic heterocycles. The molecule has 0 spiro atoms. The number of fused-ring (bicyclic) bond motifs is 1. The van der Waals surface area contributed by atoms with Gasteiger partial charge in [-0.15, -0.1) is 5.10 Å². The standard InChI is InChI=1S/C17H26N4/c1-12(2)21(13(3)4)11-10-18-17-16-9-7-6-8-15(16)14(5)19-20-17/h6-9,12-13H,10-11H2,1-5H3,(H,18,20). The molecule has 0 unspecified atom stereocenters. The van der Waals surface area contributed by atoms with Gasteiger partial charge in [0.2, 0.25) is 0 Å². The largest absolute Gasteiger partial charge is 0.367 e. The second-order valence-electron chi connectivity index (χ2n) is 6.03. The molecule has 1 heterocycles. The highest BCUT2D eigenvalue weighted by Crippen LogP contribution is 2.22. The molecule has 21 heavy (non-hydrogen) atoms. The Morgan fingerprint density at radius 2 is 1.62 bits per heavy atom. The minimum Gasteiger partial charge on any atom is -0.367 e. The third-order valence-electron chi connectivity index (χ3n) is 3.86. The Kier molecular flexibility index (Phi) is 5.12. The Labute approximate surface area is 127 Å². The molecule has 0 atom stereocenters. The average molecular weight is 286 g/mol. The van der Waals surface area contributed by atoms with Crippen LogP contribution in [0.3, 0.4) is 0 Å². The zero-order chi connectivity index (χ0) is 15.4. The molecule has 0 radical (unpaired) electrons. The Morgan fingerprint density at radius 3 is 2.24 bits per heavy atom. The minimum absolute atomic E-state index is 0.549. The van der Waals surface area contributed by atoms with Crippen LogP contribution >= 0.6 is 0 Å². The van der Waals surface area contributed by atoms with Crippen LogP contribution in [-0.2, 0) is 0 Å². The van der Waals surface area contributed by atoms with Crippen molar-refractivity contribution in [3.05, 3.63) is 30.0 Å². The maximum atomic E-state index is 4.31. The van der Waals surface area contributed by atoms with Crippen molar-refractivity contribution in [1.29, 1.82) is 0 Å². The van der Waals surface area contributed by atoms with Crippen LogP contribution in [0.4, 0.5) is 5.82 Å². The van der Waals surface area contributed by atoms with E-state index in [1.165, 1.54) is 5.39 Å². The summed E-state index contributed by atoms with van der Waals surface area (Å²) in [6, 6.07) is 9.38. The van der Waals surface area contributed by atoms with Gasteiger partial charge in [-0.3, -0.25) is 4.90 Å². The van der Waals surface area contributed by atoms with Crippen LogP contribution in [0.15, 0.2) is 24.3 Å². The van der Waals surface area contributed by atoms with E-state index in [2.05, 4.69) is 60.2 Å². The van der Waals surface area contributed by atoms with Gasteiger partial charge in [0, 0.05) is 35.9 Å². The van der Waals surface area contributed by atoms with E-state index in [1.807, 2.05) is 19.1 Å². The summed E-state index contributed by atoms with van der Waals surface area (Å²) in [5.41, 5.74) is 0.974. The topological polar surface area (TPSA) is 41.1 Å². The molecule has 0 bridgehead atoms. The van der Waals surface area contributed by atoms with Crippen LogP contribution in [0.25, 0.3) is 10.8 Å². The molecule has 0 aliphatic heterocycles. The highest BCUT2D eigenvalue weighted by Gasteiger charge is 2.13. The first kappa shape index (κ1) is 15.7. The van der Waals surface area contributed by atoms with Gasteiger partial charge in [0.1, 0.15) is 0 Å². The van der Waals surface area contributed by atoms with Crippen molar-refractivity contribution >= 4 is 16.6 Å². The molecule has 2 rings (SSSR count). The monoisotopic (exact) mass is 286 g/mol. The van der Waals surface area contributed by atoms with Crippen molar-refractivity contribution < 1.29 is 0 Å². The fourth-order valence-electron chi connectivity index (χ4n) is 2.78. The lowest BCUT2D eigenvalue weighted by Gasteiger charge is -2.30. The average Bonchev–Trinajstić information content (AvgIpc) is 2.45. The fraction of sp³-hybridized carbons (Fsp3) is 0.529. The van der Waals surface area contributed by atoms with Crippen LogP contribution in [0, 0.1) is 6.92 Å². The van der Waals surface area contributed by atoms with Crippen LogP contribution in [0.2, 0.25) is 0 Å². The summed E-state index contributed by atoms with van der Waals surface area (Å²) in [7, 11) is 0. The quantitative estimate of drug-likeness (QED) is 0.883. The SMILES string of the molecule is Cc1nnc(NCCN(C(C)C)C(C)C)c2ccccc12. The summed E-state index contributed by atoms with van der Waals surface area (Å²) in [5, 5.41) is 14.3. The normalized spacial score (nSPS) is 11.8. The summed E-state index contributed by atoms with van der Waals surface area (Å²) < 4.78 is 0. The number of hydrogen-bond acceptors (Lipinski definition) is 4. The molecule has 114 valence electrons. The zero-order valence-corrected chi connectivity index (χ0v) is 13.7. The molecule has 0 amide bonds. The van der Waals surface area contributed by atoms with Gasteiger partial charge in [0.15, 0.2) is 5.82 Å². The molecule has 0 saturated heterocycles. The molecule has 0 saturated carbocycles. The first-order valence-corrected chi connectivity index (χ1v) is 7.72. The van der Waals surface area contributed by atoms with Crippen molar-refractivity contribution in [3.63, 3.8) is 0 Å². The van der Waals surface area contributed by atoms with Gasteiger partial charge in [-0.2, -0.15) is 5.10 Å². The van der Waals surface area contributed by atoms with Crippen LogP contribution in [0.5, 0.6) is 0 Å². The Hall–Kier alpha value is -1.68. The second-order valence-corrected chi connectivity index (χ2v) is 6.03. The maximum absolute atomic E-state index is 4.31. The second kappa shape index (κ2) is 6.85. The molecule has 1 N–H and O–H groups in total. The number of anilines is 1. The molecule has 4 nitrogen and oxygen atoms in total. The van der Waals surface area contributed by atoms with Gasteiger partial charge in [0.05, 0.1) is 5.69 Å². The van der Waals surface area contributed by atoms with Gasteiger partial charge in [-0.05, 0) is 34.6 Å². The molecule has 0 aliphatic rings. The molecule has 0 fully saturated rings. The summed E-state index contributed by atoms with van der Waals surface area (Å²) in [6.07, 6.45) is 0. The summed E-state index contributed by atoms with van der Waals surface area (Å²) in [5.74, 6) is 0.878. The van der Waals surface area contributed by atoms with Gasteiger partial charge in [0.25, 0.3) is 0 Å². The van der Waals surface area contributed by atoms with Crippen molar-refractivity contribution in [3.8, 4) is 0 Å². The highest BCUT2D eigenvalue weighted by molar-refractivity contribution is 5.92. The lowest BCUT2D eigenvalue weighted by molar-refractivity contribution is 0.182. The Balaban J connectivity index is 2.09. The molecule has 1 aromatic carbocycles. The third-order valence-corrected chi connectivity index (χ3v) is 3.86. The summed E-state index contributed by atoms with van der Waals surface area (Å²) in [6.45, 7) is 12.8. The van der Waals surface area contributed by atoms with E-state index in [9.17, 15) is 0 Å². The van der Waals surface area contributed by atoms with Gasteiger partial charge in [-0.25, -0.2) is 0 Å². The summed E-state index contributed by atoms with van der Waals surface area (Å²) >= 11 is 0. The predicted octanol–water partition coefficient (Wildman–Crippen LogP) is 3.47. The number of aryl methyl sites for hydroxylation is 1. The first-order valence-electron chi connectivity index (χ1n) is 7.72. The van der Waals surface area contributed by atoms with Crippen molar-refractivity contribution in [2.75, 3.05) is 18.4 Å². The van der Waals surface area contributed by atoms with E-state index in [0.29, 0.717) is 12.1 Å². The van der Waals surface area contributed by atoms with Gasteiger partial charge >= 0.3 is 0 Å². The molecule has 0 aliphatic carbocycles. The van der Waals surface area contributed by atoms with Gasteiger partial charge in [-0.1, -0.05) is 24.3 Å². The minimum atomic E-state index is 0.549. The van der Waals surface area contributed by atoms with Gasteiger partial charge < -0.3 is 5.32 Å². The molecule has 2 aromatic rings. The number of nitrogens with zero attached hydrogens (tertiary/aromatic N) is 3. The number of rotatable bonds is 6. The third kappa shape index (κ3) is 3.70. The van der Waals surface area contributed by atoms with Crippen LogP contribution in [-0.4, -0.2) is 40.3 Å². The smallest absolute Gasteiger partial charge is 0.156 e. The maximum Gasteiger partial charge on any atom is 0.156 e. The molecular weight excluding hydrogens is 260 g/mol. The van der Waals surface area contributed by atoms with Crippen LogP contribution < -0.4 is 5.32 Å².